The van der Waals surface area contributed by atoms with Gasteiger partial charge in [-0.1, -0.05) is 25.8 Å². The van der Waals surface area contributed by atoms with E-state index in [1.54, 1.807) is 0 Å². The fourth-order valence-corrected chi connectivity index (χ4v) is 1.64. The van der Waals surface area contributed by atoms with Gasteiger partial charge in [-0.05, 0) is 18.6 Å². The Morgan fingerprint density at radius 2 is 2.00 bits per heavy atom. The average Bonchev–Trinajstić information content (AvgIpc) is 2.33. The van der Waals surface area contributed by atoms with Crippen molar-refractivity contribution >= 4 is 5.91 Å². The molecule has 1 rings (SSSR count). The highest BCUT2D eigenvalue weighted by molar-refractivity contribution is 5.96. The maximum absolute atomic E-state index is 12.8. The van der Waals surface area contributed by atoms with Crippen molar-refractivity contribution in [3.63, 3.8) is 0 Å². The summed E-state index contributed by atoms with van der Waals surface area (Å²) in [6.07, 6.45) is -2.18. The Labute approximate surface area is 109 Å². The second-order valence-electron chi connectivity index (χ2n) is 4.10. The van der Waals surface area contributed by atoms with Gasteiger partial charge in [-0.2, -0.15) is 13.2 Å². The first-order valence-electron chi connectivity index (χ1n) is 6.00. The lowest BCUT2D eigenvalue weighted by Gasteiger charge is -2.16. The van der Waals surface area contributed by atoms with Gasteiger partial charge in [0, 0.05) is 0 Å². The quantitative estimate of drug-likeness (QED) is 0.809. The van der Waals surface area contributed by atoms with E-state index in [1.165, 1.54) is 6.07 Å². The van der Waals surface area contributed by atoms with Crippen molar-refractivity contribution in [2.75, 3.05) is 6.61 Å². The second kappa shape index (κ2) is 6.45. The summed E-state index contributed by atoms with van der Waals surface area (Å²) in [5.74, 6) is -1.41. The first-order valence-corrected chi connectivity index (χ1v) is 6.00. The van der Waals surface area contributed by atoms with Crippen LogP contribution in [0.25, 0.3) is 0 Å². The van der Waals surface area contributed by atoms with Crippen molar-refractivity contribution in [2.24, 2.45) is 5.73 Å². The number of hydrogen-bond acceptors (Lipinski definition) is 2. The lowest BCUT2D eigenvalue weighted by Crippen LogP contribution is -2.17. The third-order valence-corrected chi connectivity index (χ3v) is 2.58. The predicted octanol–water partition coefficient (Wildman–Crippen LogP) is 3.37. The van der Waals surface area contributed by atoms with E-state index in [9.17, 15) is 18.0 Å². The highest BCUT2D eigenvalue weighted by atomic mass is 19.4. The van der Waals surface area contributed by atoms with E-state index in [4.69, 9.17) is 10.5 Å². The zero-order chi connectivity index (χ0) is 14.5. The van der Waals surface area contributed by atoms with E-state index >= 15 is 0 Å². The molecule has 6 heteroatoms. The highest BCUT2D eigenvalue weighted by Gasteiger charge is 2.36. The summed E-state index contributed by atoms with van der Waals surface area (Å²) in [6.45, 7) is 2.10. The number of primary amides is 1. The van der Waals surface area contributed by atoms with Crippen LogP contribution in [0.5, 0.6) is 5.75 Å². The summed E-state index contributed by atoms with van der Waals surface area (Å²) in [6, 6.07) is 3.25. The van der Waals surface area contributed by atoms with Crippen LogP contribution in [0.1, 0.15) is 42.1 Å². The minimum atomic E-state index is -4.58. The Kier molecular flexibility index (Phi) is 5.20. The van der Waals surface area contributed by atoms with Crippen molar-refractivity contribution in [1.82, 2.24) is 0 Å². The maximum atomic E-state index is 12.8. The third kappa shape index (κ3) is 4.15. The zero-order valence-corrected chi connectivity index (χ0v) is 10.6. The highest BCUT2D eigenvalue weighted by Crippen LogP contribution is 2.38. The number of carbonyl (C=O) groups excluding carboxylic acids is 1. The molecule has 1 aromatic carbocycles. The molecule has 0 saturated carbocycles. The molecule has 0 atom stereocenters. The lowest BCUT2D eigenvalue weighted by atomic mass is 10.1. The first kappa shape index (κ1) is 15.3. The molecule has 0 unspecified atom stereocenters. The average molecular weight is 275 g/mol. The normalized spacial score (nSPS) is 11.4. The fourth-order valence-electron chi connectivity index (χ4n) is 1.64. The molecule has 0 fully saturated rings. The zero-order valence-electron chi connectivity index (χ0n) is 10.6. The standard InChI is InChI=1S/C13H16F3NO2/c1-2-3-4-8-19-11-9(12(17)18)6-5-7-10(11)13(14,15)16/h5-7H,2-4,8H2,1H3,(H2,17,18). The van der Waals surface area contributed by atoms with Crippen LogP contribution in [0, 0.1) is 0 Å². The van der Waals surface area contributed by atoms with Crippen LogP contribution in [0.2, 0.25) is 0 Å². The van der Waals surface area contributed by atoms with Gasteiger partial charge < -0.3 is 10.5 Å². The SMILES string of the molecule is CCCCCOc1c(C(N)=O)cccc1C(F)(F)F. The Morgan fingerprint density at radius 3 is 2.53 bits per heavy atom. The van der Waals surface area contributed by atoms with Gasteiger partial charge in [0.15, 0.2) is 0 Å². The van der Waals surface area contributed by atoms with Crippen LogP contribution in [0.3, 0.4) is 0 Å². The molecule has 3 nitrogen and oxygen atoms in total. The molecule has 1 aromatic rings. The first-order chi connectivity index (χ1) is 8.88. The van der Waals surface area contributed by atoms with E-state index in [0.29, 0.717) is 6.42 Å². The van der Waals surface area contributed by atoms with Gasteiger partial charge in [0.25, 0.3) is 5.91 Å². The number of amides is 1. The molecular weight excluding hydrogens is 259 g/mol. The van der Waals surface area contributed by atoms with Gasteiger partial charge in [0.1, 0.15) is 5.75 Å². The van der Waals surface area contributed by atoms with Gasteiger partial charge in [-0.3, -0.25) is 4.79 Å². The van der Waals surface area contributed by atoms with Crippen LogP contribution in [-0.2, 0) is 6.18 Å². The van der Waals surface area contributed by atoms with Crippen LogP contribution < -0.4 is 10.5 Å². The number of halogens is 3. The number of para-hydroxylation sites is 1. The number of benzene rings is 1. The summed E-state index contributed by atoms with van der Waals surface area (Å²) < 4.78 is 43.6. The summed E-state index contributed by atoms with van der Waals surface area (Å²) >= 11 is 0. The van der Waals surface area contributed by atoms with Crippen LogP contribution >= 0.6 is 0 Å². The van der Waals surface area contributed by atoms with Gasteiger partial charge in [-0.15, -0.1) is 0 Å². The van der Waals surface area contributed by atoms with E-state index in [0.717, 1.165) is 25.0 Å². The molecule has 0 heterocycles. The monoisotopic (exact) mass is 275 g/mol. The number of ether oxygens (including phenoxy) is 1. The number of unbranched alkanes of at least 4 members (excludes halogenated alkanes) is 2. The molecule has 0 aromatic heterocycles. The number of carbonyl (C=O) groups is 1. The fraction of sp³-hybridized carbons (Fsp3) is 0.462. The van der Waals surface area contributed by atoms with Crippen molar-refractivity contribution in [3.8, 4) is 5.75 Å². The molecule has 19 heavy (non-hydrogen) atoms. The third-order valence-electron chi connectivity index (χ3n) is 2.58. The minimum Gasteiger partial charge on any atom is -0.492 e. The lowest BCUT2D eigenvalue weighted by molar-refractivity contribution is -0.139. The van der Waals surface area contributed by atoms with Gasteiger partial charge in [0.2, 0.25) is 0 Å². The summed E-state index contributed by atoms with van der Waals surface area (Å²) in [5.41, 5.74) is 3.85. The predicted molar refractivity (Wildman–Crippen MR) is 65.0 cm³/mol. The number of alkyl halides is 3. The molecule has 0 aliphatic rings. The van der Waals surface area contributed by atoms with Gasteiger partial charge >= 0.3 is 6.18 Å². The molecule has 0 aliphatic carbocycles. The summed E-state index contributed by atoms with van der Waals surface area (Å²) in [5, 5.41) is 0. The molecule has 0 radical (unpaired) electrons. The Balaban J connectivity index is 3.04. The molecule has 106 valence electrons. The van der Waals surface area contributed by atoms with Crippen molar-refractivity contribution in [3.05, 3.63) is 29.3 Å². The Morgan fingerprint density at radius 1 is 1.32 bits per heavy atom. The molecular formula is C13H16F3NO2. The van der Waals surface area contributed by atoms with E-state index in [1.807, 2.05) is 6.92 Å². The number of hydrogen-bond donors (Lipinski definition) is 1. The van der Waals surface area contributed by atoms with Crippen molar-refractivity contribution in [1.29, 1.82) is 0 Å². The second-order valence-corrected chi connectivity index (χ2v) is 4.10. The molecule has 0 spiro atoms. The van der Waals surface area contributed by atoms with E-state index in [-0.39, 0.29) is 12.2 Å². The molecule has 1 amide bonds. The van der Waals surface area contributed by atoms with E-state index < -0.39 is 23.4 Å². The van der Waals surface area contributed by atoms with Gasteiger partial charge in [0.05, 0.1) is 17.7 Å². The Bertz CT molecular complexity index is 444. The van der Waals surface area contributed by atoms with Crippen molar-refractivity contribution < 1.29 is 22.7 Å². The maximum Gasteiger partial charge on any atom is 0.419 e. The number of nitrogens with two attached hydrogens (primary N) is 1. The van der Waals surface area contributed by atoms with E-state index in [2.05, 4.69) is 0 Å². The molecule has 0 aliphatic heterocycles. The Hall–Kier alpha value is -1.72. The minimum absolute atomic E-state index is 0.126. The summed E-state index contributed by atoms with van der Waals surface area (Å²) in [4.78, 5) is 11.2. The topological polar surface area (TPSA) is 52.3 Å². The smallest absolute Gasteiger partial charge is 0.419 e. The van der Waals surface area contributed by atoms with Crippen molar-refractivity contribution in [2.45, 2.75) is 32.4 Å². The molecule has 2 N–H and O–H groups in total. The summed E-state index contributed by atoms with van der Waals surface area (Å²) in [7, 11) is 0. The van der Waals surface area contributed by atoms with Gasteiger partial charge in [-0.25, -0.2) is 0 Å². The molecule has 0 bridgehead atoms. The largest absolute Gasteiger partial charge is 0.492 e. The molecule has 0 saturated heterocycles. The number of rotatable bonds is 6. The van der Waals surface area contributed by atoms with Crippen LogP contribution in [0.15, 0.2) is 18.2 Å². The van der Waals surface area contributed by atoms with Crippen LogP contribution in [0.4, 0.5) is 13.2 Å². The van der Waals surface area contributed by atoms with Crippen LogP contribution in [-0.4, -0.2) is 12.5 Å².